The van der Waals surface area contributed by atoms with E-state index in [-0.39, 0.29) is 5.88 Å². The van der Waals surface area contributed by atoms with Crippen LogP contribution in [0.1, 0.15) is 34.6 Å². The van der Waals surface area contributed by atoms with Crippen LogP contribution in [0.3, 0.4) is 0 Å². The van der Waals surface area contributed by atoms with Gasteiger partial charge in [-0.25, -0.2) is 9.59 Å². The van der Waals surface area contributed by atoms with Gasteiger partial charge in [-0.05, 0) is 36.9 Å². The first kappa shape index (κ1) is 25.1. The van der Waals surface area contributed by atoms with Crippen LogP contribution >= 0.6 is 23.4 Å². The average Bonchev–Trinajstić information content (AvgIpc) is 2.84. The number of carbonyl (C=O) groups excluding carboxylic acids is 3. The zero-order valence-corrected chi connectivity index (χ0v) is 19.8. The molecule has 0 aromatic heterocycles. The first-order valence-corrected chi connectivity index (χ1v) is 12.1. The molecule has 0 unspecified atom stereocenters. The Labute approximate surface area is 201 Å². The van der Waals surface area contributed by atoms with Crippen LogP contribution < -0.4 is 0 Å². The molecule has 2 aromatic carbocycles. The summed E-state index contributed by atoms with van der Waals surface area (Å²) in [7, 11) is 0. The molecule has 0 radical (unpaired) electrons. The number of rotatable bonds is 8. The third-order valence-electron chi connectivity index (χ3n) is 4.94. The van der Waals surface area contributed by atoms with E-state index < -0.39 is 47.8 Å². The standard InChI is InChI=1S/C24H25ClO7S/c1-3-33-24-21(32-23(28)17-12-8-5-9-13-17)20(19(15(2)29-24)30-18(26)14-25)31-22(27)16-10-6-4-7-11-16/h4-13,15,19-21,24H,3,14H2,1-2H3/t15-,19-,20+,21+,24-/m0/s1. The number of thioether (sulfide) groups is 1. The Kier molecular flexibility index (Phi) is 9.17. The van der Waals surface area contributed by atoms with Crippen molar-refractivity contribution in [3.63, 3.8) is 0 Å². The topological polar surface area (TPSA) is 88.1 Å². The van der Waals surface area contributed by atoms with Crippen molar-refractivity contribution in [1.82, 2.24) is 0 Å². The molecule has 5 atom stereocenters. The summed E-state index contributed by atoms with van der Waals surface area (Å²) >= 11 is 7.03. The number of hydrogen-bond donors (Lipinski definition) is 0. The highest BCUT2D eigenvalue weighted by molar-refractivity contribution is 7.99. The quantitative estimate of drug-likeness (QED) is 0.309. The zero-order chi connectivity index (χ0) is 23.8. The third kappa shape index (κ3) is 6.50. The molecule has 0 spiro atoms. The summed E-state index contributed by atoms with van der Waals surface area (Å²) in [4.78, 5) is 37.8. The largest absolute Gasteiger partial charge is 0.455 e. The highest BCUT2D eigenvalue weighted by Gasteiger charge is 2.51. The van der Waals surface area contributed by atoms with Gasteiger partial charge in [-0.15, -0.1) is 23.4 Å². The number of alkyl halides is 1. The normalized spacial score (nSPS) is 24.5. The van der Waals surface area contributed by atoms with E-state index in [0.717, 1.165) is 0 Å². The van der Waals surface area contributed by atoms with Gasteiger partial charge >= 0.3 is 17.9 Å². The lowest BCUT2D eigenvalue weighted by molar-refractivity contribution is -0.210. The van der Waals surface area contributed by atoms with E-state index in [2.05, 4.69) is 0 Å². The smallest absolute Gasteiger partial charge is 0.338 e. The minimum Gasteiger partial charge on any atom is -0.455 e. The third-order valence-corrected chi connectivity index (χ3v) is 6.20. The minimum atomic E-state index is -1.11. The van der Waals surface area contributed by atoms with E-state index in [1.807, 2.05) is 6.92 Å². The summed E-state index contributed by atoms with van der Waals surface area (Å²) in [5.41, 5.74) is 0.00268. The van der Waals surface area contributed by atoms with Crippen LogP contribution in [0.15, 0.2) is 60.7 Å². The lowest BCUT2D eigenvalue weighted by Gasteiger charge is -2.43. The molecule has 1 aliphatic rings. The van der Waals surface area contributed by atoms with Crippen LogP contribution in [0.5, 0.6) is 0 Å². The molecule has 3 rings (SSSR count). The van der Waals surface area contributed by atoms with Crippen molar-refractivity contribution in [2.24, 2.45) is 0 Å². The van der Waals surface area contributed by atoms with Crippen LogP contribution in [0.4, 0.5) is 0 Å². The average molecular weight is 493 g/mol. The molecule has 2 aromatic rings. The van der Waals surface area contributed by atoms with Gasteiger partial charge in [-0.2, -0.15) is 0 Å². The second-order valence-corrected chi connectivity index (χ2v) is 8.87. The molecule has 1 fully saturated rings. The van der Waals surface area contributed by atoms with Crippen LogP contribution in [0.25, 0.3) is 0 Å². The molecule has 0 aliphatic carbocycles. The maximum atomic E-state index is 12.9. The molecule has 1 aliphatic heterocycles. The van der Waals surface area contributed by atoms with Gasteiger partial charge in [0.25, 0.3) is 0 Å². The van der Waals surface area contributed by atoms with Crippen molar-refractivity contribution >= 4 is 41.3 Å². The number of carbonyl (C=O) groups is 3. The Morgan fingerprint density at radius 1 is 0.848 bits per heavy atom. The summed E-state index contributed by atoms with van der Waals surface area (Å²) in [5.74, 6) is -1.68. The van der Waals surface area contributed by atoms with Gasteiger partial charge < -0.3 is 18.9 Å². The maximum Gasteiger partial charge on any atom is 0.338 e. The molecule has 33 heavy (non-hydrogen) atoms. The molecule has 9 heteroatoms. The molecule has 1 heterocycles. The van der Waals surface area contributed by atoms with E-state index in [4.69, 9.17) is 30.5 Å². The molecule has 7 nitrogen and oxygen atoms in total. The van der Waals surface area contributed by atoms with Gasteiger partial charge in [0, 0.05) is 0 Å². The van der Waals surface area contributed by atoms with Crippen LogP contribution in [0.2, 0.25) is 0 Å². The Balaban J connectivity index is 1.94. The summed E-state index contributed by atoms with van der Waals surface area (Å²) in [5, 5.41) is 0. The maximum absolute atomic E-state index is 12.9. The van der Waals surface area contributed by atoms with E-state index in [9.17, 15) is 14.4 Å². The number of halogens is 1. The molecular weight excluding hydrogens is 468 g/mol. The van der Waals surface area contributed by atoms with Crippen molar-refractivity contribution in [3.8, 4) is 0 Å². The Morgan fingerprint density at radius 2 is 1.36 bits per heavy atom. The van der Waals surface area contributed by atoms with Crippen molar-refractivity contribution in [2.45, 2.75) is 43.7 Å². The van der Waals surface area contributed by atoms with Gasteiger partial charge in [-0.3, -0.25) is 4.79 Å². The summed E-state index contributed by atoms with van der Waals surface area (Å²) in [6.45, 7) is 3.63. The first-order valence-electron chi connectivity index (χ1n) is 10.5. The Bertz CT molecular complexity index is 940. The highest BCUT2D eigenvalue weighted by atomic mass is 35.5. The van der Waals surface area contributed by atoms with Gasteiger partial charge in [-0.1, -0.05) is 43.3 Å². The minimum absolute atomic E-state index is 0.312. The van der Waals surface area contributed by atoms with Crippen molar-refractivity contribution in [1.29, 1.82) is 0 Å². The second kappa shape index (κ2) is 12.1. The molecule has 0 bridgehead atoms. The number of benzene rings is 2. The SMILES string of the molecule is CCS[C@@H]1O[C@@H](C)[C@H](OC(=O)CCl)[C@@H](OC(=O)c2ccccc2)[C@H]1OC(=O)c1ccccc1. The lowest BCUT2D eigenvalue weighted by Crippen LogP contribution is -2.60. The number of esters is 3. The second-order valence-electron chi connectivity index (χ2n) is 7.22. The Hall–Kier alpha value is -2.55. The van der Waals surface area contributed by atoms with Crippen molar-refractivity contribution in [3.05, 3.63) is 71.8 Å². The number of ether oxygens (including phenoxy) is 4. The fourth-order valence-corrected chi connectivity index (χ4v) is 4.45. The van der Waals surface area contributed by atoms with Gasteiger partial charge in [0.1, 0.15) is 11.3 Å². The molecule has 0 N–H and O–H groups in total. The highest BCUT2D eigenvalue weighted by Crippen LogP contribution is 2.34. The van der Waals surface area contributed by atoms with E-state index in [0.29, 0.717) is 16.9 Å². The van der Waals surface area contributed by atoms with Crippen LogP contribution in [0, 0.1) is 0 Å². The van der Waals surface area contributed by atoms with Crippen molar-refractivity contribution < 1.29 is 33.3 Å². The van der Waals surface area contributed by atoms with E-state index >= 15 is 0 Å². The summed E-state index contributed by atoms with van der Waals surface area (Å²) in [6.07, 6.45) is -3.79. The molecule has 0 saturated carbocycles. The molecule has 1 saturated heterocycles. The first-order chi connectivity index (χ1) is 15.9. The summed E-state index contributed by atoms with van der Waals surface area (Å²) in [6, 6.07) is 16.8. The van der Waals surface area contributed by atoms with E-state index in [1.54, 1.807) is 67.6 Å². The van der Waals surface area contributed by atoms with Crippen molar-refractivity contribution in [2.75, 3.05) is 11.6 Å². The zero-order valence-electron chi connectivity index (χ0n) is 18.2. The van der Waals surface area contributed by atoms with Gasteiger partial charge in [0.05, 0.1) is 17.2 Å². The van der Waals surface area contributed by atoms with Gasteiger partial charge in [0.2, 0.25) is 0 Å². The fraction of sp³-hybridized carbons (Fsp3) is 0.375. The van der Waals surface area contributed by atoms with E-state index in [1.165, 1.54) is 11.8 Å². The van der Waals surface area contributed by atoms with Crippen LogP contribution in [-0.2, 0) is 23.7 Å². The summed E-state index contributed by atoms with van der Waals surface area (Å²) < 4.78 is 23.1. The molecular formula is C24H25ClO7S. The Morgan fingerprint density at radius 3 is 1.85 bits per heavy atom. The van der Waals surface area contributed by atoms with Crippen LogP contribution in [-0.4, -0.2) is 59.4 Å². The predicted octanol–water partition coefficient (Wildman–Crippen LogP) is 4.09. The molecule has 0 amide bonds. The monoisotopic (exact) mass is 492 g/mol. The molecule has 176 valence electrons. The van der Waals surface area contributed by atoms with Gasteiger partial charge in [0.15, 0.2) is 18.3 Å². The predicted molar refractivity (Wildman–Crippen MR) is 124 cm³/mol. The fourth-order valence-electron chi connectivity index (χ4n) is 3.41. The lowest BCUT2D eigenvalue weighted by atomic mass is 9.99. The number of hydrogen-bond acceptors (Lipinski definition) is 8.